The van der Waals surface area contributed by atoms with Crippen LogP contribution in [0.1, 0.15) is 6.42 Å². The number of epoxide rings is 1. The summed E-state index contributed by atoms with van der Waals surface area (Å²) in [5.74, 6) is 0. The normalized spacial score (nSPS) is 39.8. The minimum absolute atomic E-state index is 0.260. The summed E-state index contributed by atoms with van der Waals surface area (Å²) in [5.41, 5.74) is 0.337. The maximum Gasteiger partial charge on any atom is 0.151 e. The molecular weight excluding hydrogens is 186 g/mol. The average molecular weight is 199 g/mol. The van der Waals surface area contributed by atoms with Crippen molar-refractivity contribution in [1.82, 2.24) is 4.90 Å². The molecule has 2 aliphatic rings. The van der Waals surface area contributed by atoms with Crippen LogP contribution in [0.25, 0.3) is 0 Å². The van der Waals surface area contributed by atoms with Crippen LogP contribution in [0.5, 0.6) is 0 Å². The Bertz CT molecular complexity index is 268. The van der Waals surface area contributed by atoms with Crippen LogP contribution in [0, 0.1) is 5.41 Å². The van der Waals surface area contributed by atoms with Crippen LogP contribution in [0.4, 0.5) is 0 Å². The second-order valence-electron chi connectivity index (χ2n) is 3.65. The van der Waals surface area contributed by atoms with Gasteiger partial charge in [-0.25, -0.2) is 4.40 Å². The Hall–Kier alpha value is -0.390. The average Bonchev–Trinajstić information content (AvgIpc) is 2.80. The fraction of sp³-hybridized carbons (Fsp3) is 0.750. The summed E-state index contributed by atoms with van der Waals surface area (Å²) in [4.78, 5) is 2.20. The molecule has 1 N–H and O–H groups in total. The number of likely N-dealkylation sites (N-methyl/N-ethyl adjacent to an activating group) is 1. The molecule has 2 saturated heterocycles. The predicted octanol–water partition coefficient (Wildman–Crippen LogP) is 0.395. The maximum absolute atomic E-state index is 7.21. The fourth-order valence-electron chi connectivity index (χ4n) is 2.01. The molecule has 2 heterocycles. The third-order valence-electron chi connectivity index (χ3n) is 2.77. The van der Waals surface area contributed by atoms with Gasteiger partial charge in [-0.15, -0.1) is 0 Å². The molecule has 0 bridgehead atoms. The molecule has 2 rings (SSSR count). The number of hydrogen-bond acceptors (Lipinski definition) is 5. The first-order valence-corrected chi connectivity index (χ1v) is 4.72. The summed E-state index contributed by atoms with van der Waals surface area (Å²) in [7, 11) is 2.06. The molecule has 13 heavy (non-hydrogen) atoms. The zero-order valence-electron chi connectivity index (χ0n) is 7.53. The Morgan fingerprint density at radius 1 is 1.85 bits per heavy atom. The van der Waals surface area contributed by atoms with Crippen LogP contribution in [-0.4, -0.2) is 48.7 Å². The van der Waals surface area contributed by atoms with E-state index in [0.29, 0.717) is 5.71 Å². The van der Waals surface area contributed by atoms with E-state index in [2.05, 4.69) is 29.2 Å². The van der Waals surface area contributed by atoms with E-state index >= 15 is 0 Å². The lowest BCUT2D eigenvalue weighted by Gasteiger charge is -2.25. The fourth-order valence-corrected chi connectivity index (χ4v) is 2.24. The number of piperidine rings is 1. The SMILES string of the molecule is CN1CCC2OC2(/C(C=N)=N/S)C1. The minimum atomic E-state index is -0.309. The second-order valence-corrected chi connectivity index (χ2v) is 3.85. The molecule has 0 aliphatic carbocycles. The van der Waals surface area contributed by atoms with E-state index in [1.807, 2.05) is 0 Å². The number of nitrogens with zero attached hydrogens (tertiary/aromatic N) is 2. The van der Waals surface area contributed by atoms with Crippen LogP contribution in [0.2, 0.25) is 0 Å². The highest BCUT2D eigenvalue weighted by Gasteiger charge is 2.61. The molecule has 4 nitrogen and oxygen atoms in total. The van der Waals surface area contributed by atoms with Crippen LogP contribution in [0.3, 0.4) is 0 Å². The summed E-state index contributed by atoms with van der Waals surface area (Å²) in [6.45, 7) is 1.89. The van der Waals surface area contributed by atoms with E-state index in [1.54, 1.807) is 0 Å². The van der Waals surface area contributed by atoms with E-state index in [1.165, 1.54) is 6.21 Å². The molecule has 0 amide bonds. The Kier molecular flexibility index (Phi) is 2.17. The molecule has 0 spiro atoms. The first-order chi connectivity index (χ1) is 6.23. The van der Waals surface area contributed by atoms with Crippen molar-refractivity contribution >= 4 is 24.7 Å². The van der Waals surface area contributed by atoms with Crippen LogP contribution in [0.15, 0.2) is 4.40 Å². The van der Waals surface area contributed by atoms with Gasteiger partial charge in [-0.2, -0.15) is 0 Å². The monoisotopic (exact) mass is 199 g/mol. The van der Waals surface area contributed by atoms with Gasteiger partial charge in [0.25, 0.3) is 0 Å². The van der Waals surface area contributed by atoms with Crippen molar-refractivity contribution in [3.05, 3.63) is 0 Å². The highest BCUT2D eigenvalue weighted by Crippen LogP contribution is 2.43. The summed E-state index contributed by atoms with van der Waals surface area (Å²) < 4.78 is 9.40. The Labute approximate surface area is 83.0 Å². The van der Waals surface area contributed by atoms with Gasteiger partial charge in [-0.05, 0) is 26.3 Å². The maximum atomic E-state index is 7.21. The molecule has 2 unspecified atom stereocenters. The number of thiol groups is 1. The van der Waals surface area contributed by atoms with Crippen LogP contribution in [-0.2, 0) is 4.74 Å². The van der Waals surface area contributed by atoms with Gasteiger partial charge in [0.1, 0.15) is 5.71 Å². The van der Waals surface area contributed by atoms with Crippen molar-refractivity contribution in [2.24, 2.45) is 4.40 Å². The molecule has 0 aromatic heterocycles. The summed E-state index contributed by atoms with van der Waals surface area (Å²) in [6.07, 6.45) is 2.53. The highest BCUT2D eigenvalue weighted by atomic mass is 32.1. The number of rotatable bonds is 2. The van der Waals surface area contributed by atoms with E-state index in [4.69, 9.17) is 10.1 Å². The van der Waals surface area contributed by atoms with Gasteiger partial charge >= 0.3 is 0 Å². The lowest BCUT2D eigenvalue weighted by atomic mass is 9.94. The largest absolute Gasteiger partial charge is 0.358 e. The standard InChI is InChI=1S/C8H13N3OS/c1-11-3-2-7-8(5-11,12-7)6(4-9)10-13/h4,7,9,13H,2-3,5H2,1H3/b9-4?,10-6+. The van der Waals surface area contributed by atoms with Gasteiger partial charge in [0.05, 0.1) is 6.10 Å². The number of nitrogens with one attached hydrogen (secondary N) is 1. The quantitative estimate of drug-likeness (QED) is 0.384. The summed E-state index contributed by atoms with van der Waals surface area (Å²) >= 11 is 3.85. The van der Waals surface area contributed by atoms with E-state index < -0.39 is 0 Å². The van der Waals surface area contributed by atoms with Gasteiger partial charge in [-0.3, -0.25) is 0 Å². The van der Waals surface area contributed by atoms with E-state index in [9.17, 15) is 0 Å². The summed E-state index contributed by atoms with van der Waals surface area (Å²) in [5, 5.41) is 7.21. The van der Waals surface area contributed by atoms with E-state index in [-0.39, 0.29) is 11.7 Å². The molecule has 2 fully saturated rings. The number of hydrogen-bond donors (Lipinski definition) is 2. The second kappa shape index (κ2) is 3.08. The Morgan fingerprint density at radius 2 is 2.62 bits per heavy atom. The molecule has 0 aromatic rings. The van der Waals surface area contributed by atoms with Gasteiger partial charge in [0.15, 0.2) is 5.60 Å². The van der Waals surface area contributed by atoms with Crippen molar-refractivity contribution in [2.45, 2.75) is 18.1 Å². The van der Waals surface area contributed by atoms with Crippen LogP contribution < -0.4 is 0 Å². The third-order valence-corrected chi connectivity index (χ3v) is 2.99. The van der Waals surface area contributed by atoms with Crippen LogP contribution >= 0.6 is 12.8 Å². The molecular formula is C8H13N3OS. The molecule has 2 aliphatic heterocycles. The van der Waals surface area contributed by atoms with Crippen molar-refractivity contribution < 1.29 is 4.74 Å². The van der Waals surface area contributed by atoms with Crippen molar-refractivity contribution in [1.29, 1.82) is 5.41 Å². The first kappa shape index (κ1) is 9.18. The number of likely N-dealkylation sites (tertiary alicyclic amines) is 1. The van der Waals surface area contributed by atoms with Gasteiger partial charge in [-0.1, -0.05) is 0 Å². The lowest BCUT2D eigenvalue weighted by Crippen LogP contribution is -2.44. The van der Waals surface area contributed by atoms with Crippen molar-refractivity contribution in [2.75, 3.05) is 20.1 Å². The Morgan fingerprint density at radius 3 is 3.23 bits per heavy atom. The number of ether oxygens (including phenoxy) is 1. The highest BCUT2D eigenvalue weighted by molar-refractivity contribution is 7.79. The molecule has 5 heteroatoms. The zero-order chi connectivity index (χ0) is 9.47. The van der Waals surface area contributed by atoms with Crippen molar-refractivity contribution in [3.8, 4) is 0 Å². The number of fused-ring (bicyclic) bond motifs is 1. The zero-order valence-corrected chi connectivity index (χ0v) is 8.42. The van der Waals surface area contributed by atoms with Crippen molar-refractivity contribution in [3.63, 3.8) is 0 Å². The third kappa shape index (κ3) is 1.31. The molecule has 72 valence electrons. The topological polar surface area (TPSA) is 52.0 Å². The smallest absolute Gasteiger partial charge is 0.151 e. The van der Waals surface area contributed by atoms with Gasteiger partial charge in [0, 0.05) is 19.3 Å². The first-order valence-electron chi connectivity index (χ1n) is 4.32. The van der Waals surface area contributed by atoms with Gasteiger partial charge < -0.3 is 15.0 Å². The molecule has 0 saturated carbocycles. The Balaban J connectivity index is 2.18. The minimum Gasteiger partial charge on any atom is -0.358 e. The molecule has 0 radical (unpaired) electrons. The van der Waals surface area contributed by atoms with E-state index in [0.717, 1.165) is 19.5 Å². The molecule has 0 aromatic carbocycles. The predicted molar refractivity (Wildman–Crippen MR) is 54.9 cm³/mol. The summed E-state index contributed by atoms with van der Waals surface area (Å²) in [6, 6.07) is 0. The molecule has 2 atom stereocenters. The lowest BCUT2D eigenvalue weighted by molar-refractivity contribution is 0.268. The van der Waals surface area contributed by atoms with Gasteiger partial charge in [0.2, 0.25) is 0 Å².